The molecule has 0 saturated carbocycles. The van der Waals surface area contributed by atoms with Gasteiger partial charge in [-0.25, -0.2) is 8.42 Å². The lowest BCUT2D eigenvalue weighted by Crippen LogP contribution is -2.67. The predicted molar refractivity (Wildman–Crippen MR) is 114 cm³/mol. The Morgan fingerprint density at radius 3 is 2.52 bits per heavy atom. The second-order valence-electron chi connectivity index (χ2n) is 7.85. The van der Waals surface area contributed by atoms with Crippen molar-refractivity contribution in [1.29, 1.82) is 0 Å². The zero-order valence-corrected chi connectivity index (χ0v) is 18.7. The summed E-state index contributed by atoms with van der Waals surface area (Å²) in [7, 11) is -2.60. The molecule has 31 heavy (non-hydrogen) atoms. The number of benzene rings is 2. The van der Waals surface area contributed by atoms with Gasteiger partial charge in [-0.2, -0.15) is 0 Å². The van der Waals surface area contributed by atoms with Crippen molar-refractivity contribution in [3.8, 4) is 5.75 Å². The largest absolute Gasteiger partial charge is 0.467 e. The van der Waals surface area contributed by atoms with Gasteiger partial charge < -0.3 is 14.4 Å². The number of amides is 1. The Balaban J connectivity index is 1.67. The first-order valence-corrected chi connectivity index (χ1v) is 11.6. The summed E-state index contributed by atoms with van der Waals surface area (Å²) >= 11 is 5.88. The highest BCUT2D eigenvalue weighted by atomic mass is 35.5. The number of halogens is 1. The minimum atomic E-state index is -4.11. The number of aryl methyl sites for hydroxylation is 1. The van der Waals surface area contributed by atoms with Gasteiger partial charge in [-0.3, -0.25) is 9.59 Å². The van der Waals surface area contributed by atoms with Crippen molar-refractivity contribution in [2.75, 3.05) is 20.4 Å². The van der Waals surface area contributed by atoms with E-state index in [1.54, 1.807) is 6.07 Å². The summed E-state index contributed by atoms with van der Waals surface area (Å²) < 4.78 is 37.5. The van der Waals surface area contributed by atoms with Crippen LogP contribution in [0.1, 0.15) is 17.5 Å². The first kappa shape index (κ1) is 21.8. The van der Waals surface area contributed by atoms with Crippen LogP contribution < -0.4 is 4.74 Å². The number of ether oxygens (including phenoxy) is 2. The van der Waals surface area contributed by atoms with Gasteiger partial charge in [0.2, 0.25) is 20.6 Å². The Morgan fingerprint density at radius 1 is 1.16 bits per heavy atom. The van der Waals surface area contributed by atoms with Crippen molar-refractivity contribution in [1.82, 2.24) is 4.90 Å². The standard InChI is InChI=1S/C22H22ClNO6S/c1-14-3-8-19(30-13-29-2)15(9-14)10-16-12-24-20(25)11-22(24,21(16)26)31(27,28)18-6-4-17(23)5-7-18/h3-9,16H,10-13H2,1-2H3. The lowest BCUT2D eigenvalue weighted by molar-refractivity contribution is -0.150. The van der Waals surface area contributed by atoms with Crippen molar-refractivity contribution in [3.63, 3.8) is 0 Å². The van der Waals surface area contributed by atoms with Crippen LogP contribution >= 0.6 is 11.6 Å². The molecule has 0 aromatic heterocycles. The molecule has 1 amide bonds. The third kappa shape index (κ3) is 3.43. The minimum Gasteiger partial charge on any atom is -0.467 e. The van der Waals surface area contributed by atoms with E-state index >= 15 is 0 Å². The number of β-lactam (4-membered cyclic amide) rings is 1. The van der Waals surface area contributed by atoms with Crippen molar-refractivity contribution in [3.05, 3.63) is 58.6 Å². The molecular formula is C22H22ClNO6S. The maximum absolute atomic E-state index is 13.5. The fourth-order valence-corrected chi connectivity index (χ4v) is 6.55. The van der Waals surface area contributed by atoms with E-state index in [9.17, 15) is 18.0 Å². The Morgan fingerprint density at radius 2 is 1.87 bits per heavy atom. The van der Waals surface area contributed by atoms with Crippen molar-refractivity contribution in [2.24, 2.45) is 5.92 Å². The lowest BCUT2D eigenvalue weighted by atomic mass is 9.92. The minimum absolute atomic E-state index is 0.0249. The second-order valence-corrected chi connectivity index (χ2v) is 10.4. The van der Waals surface area contributed by atoms with Crippen LogP contribution in [0.15, 0.2) is 47.4 Å². The molecule has 164 valence electrons. The topological polar surface area (TPSA) is 90.0 Å². The number of ketones is 1. The molecule has 0 radical (unpaired) electrons. The maximum atomic E-state index is 13.5. The van der Waals surface area contributed by atoms with E-state index < -0.39 is 26.4 Å². The smallest absolute Gasteiger partial charge is 0.228 e. The summed E-state index contributed by atoms with van der Waals surface area (Å²) in [5.41, 5.74) is 1.75. The molecular weight excluding hydrogens is 442 g/mol. The molecule has 9 heteroatoms. The molecule has 7 nitrogen and oxygen atoms in total. The molecule has 4 rings (SSSR count). The van der Waals surface area contributed by atoms with Gasteiger partial charge in [0.05, 0.1) is 11.3 Å². The molecule has 2 saturated heterocycles. The van der Waals surface area contributed by atoms with Gasteiger partial charge in [-0.05, 0) is 49.2 Å². The fraction of sp³-hybridized carbons (Fsp3) is 0.364. The van der Waals surface area contributed by atoms with Crippen LogP contribution in [0, 0.1) is 12.8 Å². The molecule has 2 aliphatic heterocycles. The predicted octanol–water partition coefficient (Wildman–Crippen LogP) is 2.78. The molecule has 0 spiro atoms. The van der Waals surface area contributed by atoms with Gasteiger partial charge in [-0.1, -0.05) is 29.3 Å². The number of hydrogen-bond donors (Lipinski definition) is 0. The highest BCUT2D eigenvalue weighted by Gasteiger charge is 2.70. The number of sulfone groups is 1. The second kappa shape index (κ2) is 7.93. The number of nitrogens with zero attached hydrogens (tertiary/aromatic N) is 1. The average Bonchev–Trinajstić information content (AvgIpc) is 2.96. The molecule has 2 unspecified atom stereocenters. The quantitative estimate of drug-likeness (QED) is 0.463. The van der Waals surface area contributed by atoms with Crippen molar-refractivity contribution >= 4 is 33.1 Å². The molecule has 2 fully saturated rings. The normalized spacial score (nSPS) is 22.9. The first-order chi connectivity index (χ1) is 14.7. The van der Waals surface area contributed by atoms with Crippen LogP contribution in [-0.2, 0) is 30.6 Å². The Kier molecular flexibility index (Phi) is 5.57. The number of Topliss-reactive ketones (excluding diaryl/α,β-unsaturated/α-hetero) is 1. The van der Waals surface area contributed by atoms with Crippen LogP contribution in [0.25, 0.3) is 0 Å². The van der Waals surface area contributed by atoms with E-state index in [-0.39, 0.29) is 37.0 Å². The van der Waals surface area contributed by atoms with E-state index in [0.29, 0.717) is 10.8 Å². The lowest BCUT2D eigenvalue weighted by Gasteiger charge is -2.44. The molecule has 0 N–H and O–H groups in total. The van der Waals surface area contributed by atoms with Gasteiger partial charge in [0.15, 0.2) is 12.6 Å². The van der Waals surface area contributed by atoms with E-state index in [4.69, 9.17) is 21.1 Å². The summed E-state index contributed by atoms with van der Waals surface area (Å²) in [5, 5.41) is 0.386. The monoisotopic (exact) mass is 463 g/mol. The van der Waals surface area contributed by atoms with Crippen LogP contribution in [0.2, 0.25) is 5.02 Å². The van der Waals surface area contributed by atoms with Crippen LogP contribution in [0.3, 0.4) is 0 Å². The first-order valence-electron chi connectivity index (χ1n) is 9.77. The van der Waals surface area contributed by atoms with Gasteiger partial charge in [0.25, 0.3) is 0 Å². The highest BCUT2D eigenvalue weighted by molar-refractivity contribution is 7.93. The fourth-order valence-electron chi connectivity index (χ4n) is 4.33. The van der Waals surface area contributed by atoms with Crippen LogP contribution in [-0.4, -0.2) is 50.3 Å². The summed E-state index contributed by atoms with van der Waals surface area (Å²) in [6.45, 7) is 2.03. The summed E-state index contributed by atoms with van der Waals surface area (Å²) in [6, 6.07) is 11.2. The highest BCUT2D eigenvalue weighted by Crippen LogP contribution is 2.49. The molecule has 0 bridgehead atoms. The Labute approximate surface area is 185 Å². The van der Waals surface area contributed by atoms with Gasteiger partial charge >= 0.3 is 0 Å². The molecule has 0 aliphatic carbocycles. The summed E-state index contributed by atoms with van der Waals surface area (Å²) in [5.74, 6) is -0.884. The van der Waals surface area contributed by atoms with E-state index in [1.807, 2.05) is 19.1 Å². The Bertz CT molecular complexity index is 1150. The van der Waals surface area contributed by atoms with Gasteiger partial charge in [0, 0.05) is 24.6 Å². The van der Waals surface area contributed by atoms with Crippen LogP contribution in [0.5, 0.6) is 5.75 Å². The van der Waals surface area contributed by atoms with Crippen molar-refractivity contribution < 1.29 is 27.5 Å². The van der Waals surface area contributed by atoms with Gasteiger partial charge in [0.1, 0.15) is 5.75 Å². The van der Waals surface area contributed by atoms with E-state index in [2.05, 4.69) is 0 Å². The molecule has 2 atom stereocenters. The zero-order valence-electron chi connectivity index (χ0n) is 17.1. The van der Waals surface area contributed by atoms with E-state index in [0.717, 1.165) is 11.1 Å². The summed E-state index contributed by atoms with van der Waals surface area (Å²) in [4.78, 5) is 25.1. The molecule has 2 aromatic carbocycles. The third-order valence-corrected chi connectivity index (χ3v) is 8.47. The number of hydrogen-bond acceptors (Lipinski definition) is 6. The number of methoxy groups -OCH3 is 1. The molecule has 2 heterocycles. The number of fused-ring (bicyclic) bond motifs is 1. The Hall–Kier alpha value is -2.42. The third-order valence-electron chi connectivity index (χ3n) is 5.87. The average molecular weight is 464 g/mol. The zero-order chi connectivity index (χ0) is 22.4. The molecule has 2 aliphatic rings. The van der Waals surface area contributed by atoms with Gasteiger partial charge in [-0.15, -0.1) is 0 Å². The van der Waals surface area contributed by atoms with Crippen molar-refractivity contribution in [2.45, 2.75) is 29.5 Å². The maximum Gasteiger partial charge on any atom is 0.228 e. The SMILES string of the molecule is COCOc1ccc(C)cc1CC1CN2C(=O)CC2(S(=O)(=O)c2ccc(Cl)cc2)C1=O. The van der Waals surface area contributed by atoms with E-state index in [1.165, 1.54) is 36.3 Å². The number of carbonyl (C=O) groups is 2. The van der Waals surface area contributed by atoms with Crippen LogP contribution in [0.4, 0.5) is 0 Å². The number of rotatable bonds is 7. The molecule has 2 aromatic rings. The summed E-state index contributed by atoms with van der Waals surface area (Å²) in [6.07, 6.45) is -0.0740. The number of carbonyl (C=O) groups excluding carboxylic acids is 2.